The van der Waals surface area contributed by atoms with Crippen molar-refractivity contribution >= 4 is 0 Å². The molecule has 0 bridgehead atoms. The fourth-order valence-corrected chi connectivity index (χ4v) is 0.604. The molecule has 0 aromatic rings. The van der Waals surface area contributed by atoms with Crippen molar-refractivity contribution in [2.45, 2.75) is 13.8 Å². The second kappa shape index (κ2) is 17.1. The number of hydrogen-bond acceptors (Lipinski definition) is 4. The van der Waals surface area contributed by atoms with E-state index in [1.54, 1.807) is 0 Å². The summed E-state index contributed by atoms with van der Waals surface area (Å²) in [6.45, 7) is 9.86. The van der Waals surface area contributed by atoms with Crippen molar-refractivity contribution in [3.05, 3.63) is 0 Å². The Bertz CT molecular complexity index is 41.5. The largest absolute Gasteiger partial charge is 0.331 e. The molecule has 4 heteroatoms. The molecule has 6 N–H and O–H groups in total. The third-order valence-corrected chi connectivity index (χ3v) is 0.957. The fraction of sp³-hybridized carbons (Fsp3) is 1.00. The molecule has 0 aromatic heterocycles. The first-order valence-corrected chi connectivity index (χ1v) is 4.64. The molecule has 4 nitrogen and oxygen atoms in total. The molecule has 0 saturated carbocycles. The van der Waals surface area contributed by atoms with Crippen LogP contribution >= 0.6 is 0 Å². The molecule has 1 heterocycles. The molecule has 1 saturated heterocycles. The SMILES string of the molecule is C1CNCCN1.CCN.CCN. The van der Waals surface area contributed by atoms with E-state index in [0.717, 1.165) is 39.3 Å². The molecule has 12 heavy (non-hydrogen) atoms. The highest BCUT2D eigenvalue weighted by molar-refractivity contribution is 4.59. The van der Waals surface area contributed by atoms with E-state index >= 15 is 0 Å². The summed E-state index contributed by atoms with van der Waals surface area (Å²) in [6.07, 6.45) is 0. The number of nitrogens with two attached hydrogens (primary N) is 2. The van der Waals surface area contributed by atoms with Gasteiger partial charge in [0.05, 0.1) is 0 Å². The maximum Gasteiger partial charge on any atom is 0.00772 e. The van der Waals surface area contributed by atoms with Crippen LogP contribution in [0.15, 0.2) is 0 Å². The maximum atomic E-state index is 4.85. The van der Waals surface area contributed by atoms with Gasteiger partial charge in [0.1, 0.15) is 0 Å². The molecule has 1 rings (SSSR count). The van der Waals surface area contributed by atoms with Gasteiger partial charge in [-0.15, -0.1) is 0 Å². The molecule has 0 amide bonds. The van der Waals surface area contributed by atoms with E-state index in [2.05, 4.69) is 10.6 Å². The van der Waals surface area contributed by atoms with Gasteiger partial charge in [-0.1, -0.05) is 13.8 Å². The van der Waals surface area contributed by atoms with E-state index in [4.69, 9.17) is 11.5 Å². The van der Waals surface area contributed by atoms with E-state index < -0.39 is 0 Å². The van der Waals surface area contributed by atoms with E-state index in [-0.39, 0.29) is 0 Å². The lowest BCUT2D eigenvalue weighted by molar-refractivity contribution is 0.534. The molecule has 0 aliphatic carbocycles. The van der Waals surface area contributed by atoms with Crippen molar-refractivity contribution in [3.63, 3.8) is 0 Å². The molecule has 1 fully saturated rings. The van der Waals surface area contributed by atoms with Gasteiger partial charge in [0.2, 0.25) is 0 Å². The van der Waals surface area contributed by atoms with Crippen LogP contribution in [0.5, 0.6) is 0 Å². The van der Waals surface area contributed by atoms with Gasteiger partial charge in [-0.05, 0) is 13.1 Å². The average molecular weight is 176 g/mol. The van der Waals surface area contributed by atoms with Gasteiger partial charge >= 0.3 is 0 Å². The zero-order valence-corrected chi connectivity index (χ0v) is 8.40. The van der Waals surface area contributed by atoms with E-state index in [9.17, 15) is 0 Å². The van der Waals surface area contributed by atoms with Crippen LogP contribution in [0, 0.1) is 0 Å². The predicted molar refractivity (Wildman–Crippen MR) is 55.2 cm³/mol. The second-order valence-corrected chi connectivity index (χ2v) is 2.32. The summed E-state index contributed by atoms with van der Waals surface area (Å²) >= 11 is 0. The Balaban J connectivity index is 0. The lowest BCUT2D eigenvalue weighted by Crippen LogP contribution is -2.39. The van der Waals surface area contributed by atoms with Crippen molar-refractivity contribution in [1.82, 2.24) is 10.6 Å². The third kappa shape index (κ3) is 22.5. The molecule has 1 aliphatic heterocycles. The maximum absolute atomic E-state index is 4.85. The van der Waals surface area contributed by atoms with Gasteiger partial charge < -0.3 is 22.1 Å². The fourth-order valence-electron chi connectivity index (χ4n) is 0.604. The van der Waals surface area contributed by atoms with Crippen LogP contribution in [0.4, 0.5) is 0 Å². The number of piperazine rings is 1. The van der Waals surface area contributed by atoms with Gasteiger partial charge in [0.25, 0.3) is 0 Å². The van der Waals surface area contributed by atoms with Crippen molar-refractivity contribution in [2.75, 3.05) is 39.3 Å². The van der Waals surface area contributed by atoms with Gasteiger partial charge in [0, 0.05) is 26.2 Å². The topological polar surface area (TPSA) is 76.1 Å². The highest BCUT2D eigenvalue weighted by Crippen LogP contribution is 1.65. The molecule has 0 radical (unpaired) electrons. The highest BCUT2D eigenvalue weighted by Gasteiger charge is 1.91. The van der Waals surface area contributed by atoms with Crippen LogP contribution in [0.3, 0.4) is 0 Å². The summed E-state index contributed by atoms with van der Waals surface area (Å²) in [7, 11) is 0. The quantitative estimate of drug-likeness (QED) is 0.386. The molecule has 0 atom stereocenters. The van der Waals surface area contributed by atoms with Gasteiger partial charge in [-0.2, -0.15) is 0 Å². The van der Waals surface area contributed by atoms with Crippen molar-refractivity contribution in [1.29, 1.82) is 0 Å². The molecular formula is C8H24N4. The van der Waals surface area contributed by atoms with Crippen LogP contribution in [0.2, 0.25) is 0 Å². The van der Waals surface area contributed by atoms with E-state index in [1.807, 2.05) is 13.8 Å². The highest BCUT2D eigenvalue weighted by atomic mass is 15.0. The molecule has 76 valence electrons. The Morgan fingerprint density at radius 2 is 1.00 bits per heavy atom. The zero-order valence-electron chi connectivity index (χ0n) is 8.40. The van der Waals surface area contributed by atoms with Gasteiger partial charge in [-0.25, -0.2) is 0 Å². The van der Waals surface area contributed by atoms with Crippen molar-refractivity contribution < 1.29 is 0 Å². The van der Waals surface area contributed by atoms with Gasteiger partial charge in [0.15, 0.2) is 0 Å². The van der Waals surface area contributed by atoms with Crippen molar-refractivity contribution in [2.24, 2.45) is 11.5 Å². The van der Waals surface area contributed by atoms with E-state index in [0.29, 0.717) is 0 Å². The Kier molecular flexibility index (Phi) is 20.4. The van der Waals surface area contributed by atoms with Crippen molar-refractivity contribution in [3.8, 4) is 0 Å². The molecule has 0 unspecified atom stereocenters. The standard InChI is InChI=1S/C4H10N2.2C2H7N/c1-2-6-4-3-5-1;2*1-2-3/h5-6H,1-4H2;2*2-3H2,1H3. The molecule has 0 spiro atoms. The summed E-state index contributed by atoms with van der Waals surface area (Å²) in [4.78, 5) is 0. The summed E-state index contributed by atoms with van der Waals surface area (Å²) < 4.78 is 0. The van der Waals surface area contributed by atoms with Crippen LogP contribution in [0.25, 0.3) is 0 Å². The Morgan fingerprint density at radius 1 is 0.833 bits per heavy atom. The first-order valence-electron chi connectivity index (χ1n) is 4.64. The zero-order chi connectivity index (χ0) is 9.66. The number of hydrogen-bond donors (Lipinski definition) is 4. The summed E-state index contributed by atoms with van der Waals surface area (Å²) in [5.41, 5.74) is 9.69. The first-order chi connectivity index (χ1) is 5.83. The first kappa shape index (κ1) is 14.4. The third-order valence-electron chi connectivity index (χ3n) is 0.957. The lowest BCUT2D eigenvalue weighted by Gasteiger charge is -2.11. The molecular weight excluding hydrogens is 152 g/mol. The van der Waals surface area contributed by atoms with Crippen LogP contribution in [0.1, 0.15) is 13.8 Å². The predicted octanol–water partition coefficient (Wildman–Crippen LogP) is -0.891. The molecule has 0 aromatic carbocycles. The average Bonchev–Trinajstić information content (AvgIpc) is 2.10. The number of nitrogens with one attached hydrogen (secondary N) is 2. The Hall–Kier alpha value is -0.160. The smallest absolute Gasteiger partial charge is 0.00772 e. The summed E-state index contributed by atoms with van der Waals surface area (Å²) in [5.74, 6) is 0. The minimum absolute atomic E-state index is 0.750. The Morgan fingerprint density at radius 3 is 1.08 bits per heavy atom. The second-order valence-electron chi connectivity index (χ2n) is 2.32. The monoisotopic (exact) mass is 176 g/mol. The minimum Gasteiger partial charge on any atom is -0.331 e. The lowest BCUT2D eigenvalue weighted by atomic mass is 10.4. The van der Waals surface area contributed by atoms with Crippen LogP contribution in [-0.4, -0.2) is 39.3 Å². The number of rotatable bonds is 0. The Labute approximate surface area is 76.1 Å². The normalized spacial score (nSPS) is 15.0. The van der Waals surface area contributed by atoms with E-state index in [1.165, 1.54) is 0 Å². The summed E-state index contributed by atoms with van der Waals surface area (Å²) in [5, 5.41) is 6.44. The van der Waals surface area contributed by atoms with Gasteiger partial charge in [-0.3, -0.25) is 0 Å². The minimum atomic E-state index is 0.750. The van der Waals surface area contributed by atoms with Crippen LogP contribution in [-0.2, 0) is 0 Å². The molecule has 1 aliphatic rings. The van der Waals surface area contributed by atoms with Crippen LogP contribution < -0.4 is 22.1 Å². The summed E-state index contributed by atoms with van der Waals surface area (Å²) in [6, 6.07) is 0.